The molecule has 0 bridgehead atoms. The molecule has 3 heteroatoms. The third-order valence-electron chi connectivity index (χ3n) is 1.77. The summed E-state index contributed by atoms with van der Waals surface area (Å²) in [7, 11) is 0. The van der Waals surface area contributed by atoms with Crippen molar-refractivity contribution >= 4 is 5.97 Å². The summed E-state index contributed by atoms with van der Waals surface area (Å²) in [4.78, 5) is 11.3. The van der Waals surface area contributed by atoms with Crippen molar-refractivity contribution in [3.63, 3.8) is 0 Å². The van der Waals surface area contributed by atoms with Gasteiger partial charge in [0.1, 0.15) is 0 Å². The maximum Gasteiger partial charge on any atom is 0.335 e. The molecule has 1 atom stereocenters. The van der Waals surface area contributed by atoms with E-state index in [1.54, 1.807) is 19.9 Å². The van der Waals surface area contributed by atoms with Gasteiger partial charge in [-0.2, -0.15) is 0 Å². The molecule has 0 aromatic heterocycles. The van der Waals surface area contributed by atoms with Crippen LogP contribution in [-0.2, 0) is 9.53 Å². The molecule has 3 nitrogen and oxygen atoms in total. The molecule has 0 amide bonds. The van der Waals surface area contributed by atoms with Crippen molar-refractivity contribution in [1.29, 1.82) is 0 Å². The minimum absolute atomic E-state index is 0.251. The lowest BCUT2D eigenvalue weighted by atomic mass is 10.1. The van der Waals surface area contributed by atoms with E-state index in [1.165, 1.54) is 0 Å². The standard InChI is InChI=1S/C10H19NO2/c1-4-6-7-13-10(12)9(5-2)8(3)11/h5,8H,4,6-7,11H2,1-3H3/b9-5+. The average Bonchev–Trinajstić information content (AvgIpc) is 2.05. The summed E-state index contributed by atoms with van der Waals surface area (Å²) in [6, 6.07) is -0.251. The number of esters is 1. The molecule has 0 aliphatic rings. The van der Waals surface area contributed by atoms with E-state index < -0.39 is 0 Å². The van der Waals surface area contributed by atoms with Crippen LogP contribution in [0.3, 0.4) is 0 Å². The first-order valence-corrected chi connectivity index (χ1v) is 4.72. The molecule has 2 N–H and O–H groups in total. The molecule has 0 aliphatic heterocycles. The molecule has 0 saturated carbocycles. The van der Waals surface area contributed by atoms with E-state index in [9.17, 15) is 4.79 Å². The Balaban J connectivity index is 3.94. The van der Waals surface area contributed by atoms with Crippen LogP contribution in [0.2, 0.25) is 0 Å². The lowest BCUT2D eigenvalue weighted by Gasteiger charge is -2.09. The van der Waals surface area contributed by atoms with Crippen LogP contribution in [0.25, 0.3) is 0 Å². The highest BCUT2D eigenvalue weighted by molar-refractivity contribution is 5.89. The van der Waals surface area contributed by atoms with Crippen molar-refractivity contribution in [1.82, 2.24) is 0 Å². The van der Waals surface area contributed by atoms with E-state index in [-0.39, 0.29) is 12.0 Å². The second-order valence-electron chi connectivity index (χ2n) is 3.02. The summed E-state index contributed by atoms with van der Waals surface area (Å²) in [6.45, 7) is 6.10. The number of allylic oxidation sites excluding steroid dienone is 1. The minimum Gasteiger partial charge on any atom is -0.462 e. The molecule has 1 unspecified atom stereocenters. The molecule has 0 spiro atoms. The Hall–Kier alpha value is -0.830. The van der Waals surface area contributed by atoms with Crippen LogP contribution in [0.15, 0.2) is 11.6 Å². The number of rotatable bonds is 5. The van der Waals surface area contributed by atoms with Gasteiger partial charge in [-0.15, -0.1) is 0 Å². The van der Waals surface area contributed by atoms with E-state index in [0.717, 1.165) is 12.8 Å². The fourth-order valence-corrected chi connectivity index (χ4v) is 0.959. The zero-order valence-corrected chi connectivity index (χ0v) is 8.67. The largest absolute Gasteiger partial charge is 0.462 e. The summed E-state index contributed by atoms with van der Waals surface area (Å²) < 4.78 is 5.01. The van der Waals surface area contributed by atoms with Crippen LogP contribution in [0.4, 0.5) is 0 Å². The zero-order valence-electron chi connectivity index (χ0n) is 8.67. The first-order valence-electron chi connectivity index (χ1n) is 4.72. The Labute approximate surface area is 79.9 Å². The number of hydrogen-bond acceptors (Lipinski definition) is 3. The molecule has 0 aromatic rings. The second kappa shape index (κ2) is 6.66. The Morgan fingerprint density at radius 1 is 1.62 bits per heavy atom. The van der Waals surface area contributed by atoms with Gasteiger partial charge >= 0.3 is 5.97 Å². The highest BCUT2D eigenvalue weighted by Gasteiger charge is 2.13. The SMILES string of the molecule is C/C=C(/C(=O)OCCCC)C(C)N. The summed E-state index contributed by atoms with van der Waals surface area (Å²) >= 11 is 0. The van der Waals surface area contributed by atoms with E-state index in [4.69, 9.17) is 10.5 Å². The first-order chi connectivity index (χ1) is 6.13. The lowest BCUT2D eigenvalue weighted by Crippen LogP contribution is -2.25. The lowest BCUT2D eigenvalue weighted by molar-refractivity contribution is -0.139. The van der Waals surface area contributed by atoms with Gasteiger partial charge in [0, 0.05) is 11.6 Å². The highest BCUT2D eigenvalue weighted by Crippen LogP contribution is 2.03. The van der Waals surface area contributed by atoms with Gasteiger partial charge in [-0.25, -0.2) is 4.79 Å². The summed E-state index contributed by atoms with van der Waals surface area (Å²) in [5.41, 5.74) is 6.14. The molecule has 13 heavy (non-hydrogen) atoms. The molecule has 0 radical (unpaired) electrons. The van der Waals surface area contributed by atoms with Gasteiger partial charge in [-0.1, -0.05) is 19.4 Å². The van der Waals surface area contributed by atoms with Gasteiger partial charge < -0.3 is 10.5 Å². The third kappa shape index (κ3) is 4.68. The van der Waals surface area contributed by atoms with Crippen molar-refractivity contribution in [3.8, 4) is 0 Å². The topological polar surface area (TPSA) is 52.3 Å². The van der Waals surface area contributed by atoms with Gasteiger partial charge in [0.25, 0.3) is 0 Å². The summed E-state index contributed by atoms with van der Waals surface area (Å²) in [5, 5.41) is 0. The van der Waals surface area contributed by atoms with E-state index >= 15 is 0 Å². The second-order valence-corrected chi connectivity index (χ2v) is 3.02. The predicted molar refractivity (Wildman–Crippen MR) is 53.3 cm³/mol. The average molecular weight is 185 g/mol. The number of nitrogens with two attached hydrogens (primary N) is 1. The van der Waals surface area contributed by atoms with Crippen molar-refractivity contribution in [2.75, 3.05) is 6.61 Å². The zero-order chi connectivity index (χ0) is 10.3. The molecule has 0 aromatic carbocycles. The fraction of sp³-hybridized carbons (Fsp3) is 0.700. The normalized spacial score (nSPS) is 14.0. The quantitative estimate of drug-likeness (QED) is 0.402. The first kappa shape index (κ1) is 12.2. The third-order valence-corrected chi connectivity index (χ3v) is 1.77. The van der Waals surface area contributed by atoms with Gasteiger partial charge in [0.2, 0.25) is 0 Å². The molecule has 0 rings (SSSR count). The van der Waals surface area contributed by atoms with Crippen molar-refractivity contribution in [3.05, 3.63) is 11.6 Å². The Kier molecular flexibility index (Phi) is 6.24. The smallest absolute Gasteiger partial charge is 0.335 e. The summed E-state index contributed by atoms with van der Waals surface area (Å²) in [6.07, 6.45) is 3.64. The molecule has 0 saturated heterocycles. The van der Waals surface area contributed by atoms with E-state index in [0.29, 0.717) is 12.2 Å². The van der Waals surface area contributed by atoms with Crippen molar-refractivity contribution in [2.24, 2.45) is 5.73 Å². The Morgan fingerprint density at radius 3 is 2.62 bits per heavy atom. The van der Waals surface area contributed by atoms with Crippen LogP contribution < -0.4 is 5.73 Å². The number of carbonyl (C=O) groups excluding carboxylic acids is 1. The monoisotopic (exact) mass is 185 g/mol. The number of ether oxygens (including phenoxy) is 1. The molecule has 76 valence electrons. The summed E-state index contributed by atoms with van der Waals surface area (Å²) in [5.74, 6) is -0.286. The van der Waals surface area contributed by atoms with Gasteiger partial charge in [0.05, 0.1) is 6.61 Å². The van der Waals surface area contributed by atoms with E-state index in [2.05, 4.69) is 6.92 Å². The Morgan fingerprint density at radius 2 is 2.23 bits per heavy atom. The molecule has 0 fully saturated rings. The predicted octanol–water partition coefficient (Wildman–Crippen LogP) is 1.62. The van der Waals surface area contributed by atoms with E-state index in [1.807, 2.05) is 0 Å². The van der Waals surface area contributed by atoms with Gasteiger partial charge in [-0.05, 0) is 20.3 Å². The van der Waals surface area contributed by atoms with Crippen molar-refractivity contribution in [2.45, 2.75) is 39.7 Å². The molecular formula is C10H19NO2. The highest BCUT2D eigenvalue weighted by atomic mass is 16.5. The molecular weight excluding hydrogens is 166 g/mol. The molecule has 0 aliphatic carbocycles. The fourth-order valence-electron chi connectivity index (χ4n) is 0.959. The van der Waals surface area contributed by atoms with Crippen LogP contribution in [-0.4, -0.2) is 18.6 Å². The number of unbranched alkanes of at least 4 members (excludes halogenated alkanes) is 1. The maximum absolute atomic E-state index is 11.3. The number of carbonyl (C=O) groups is 1. The number of hydrogen-bond donors (Lipinski definition) is 1. The maximum atomic E-state index is 11.3. The van der Waals surface area contributed by atoms with Crippen molar-refractivity contribution < 1.29 is 9.53 Å². The van der Waals surface area contributed by atoms with Crippen LogP contribution >= 0.6 is 0 Å². The minimum atomic E-state index is -0.286. The molecule has 0 heterocycles. The van der Waals surface area contributed by atoms with Crippen LogP contribution in [0, 0.1) is 0 Å². The van der Waals surface area contributed by atoms with Gasteiger partial charge in [-0.3, -0.25) is 0 Å². The van der Waals surface area contributed by atoms with Gasteiger partial charge in [0.15, 0.2) is 0 Å². The van der Waals surface area contributed by atoms with Crippen LogP contribution in [0.1, 0.15) is 33.6 Å². The van der Waals surface area contributed by atoms with Crippen LogP contribution in [0.5, 0.6) is 0 Å². The Bertz CT molecular complexity index is 185.